The van der Waals surface area contributed by atoms with Crippen molar-refractivity contribution in [3.05, 3.63) is 24.6 Å². The van der Waals surface area contributed by atoms with Gasteiger partial charge < -0.3 is 14.2 Å². The molecule has 0 bridgehead atoms. The van der Waals surface area contributed by atoms with Crippen molar-refractivity contribution in [1.29, 1.82) is 0 Å². The molecule has 0 fully saturated rings. The molecule has 1 rings (SSSR count). The second-order valence-corrected chi connectivity index (χ2v) is 9.77. The molecule has 3 nitrogen and oxygen atoms in total. The normalized spacial score (nSPS) is 11.1. The monoisotopic (exact) mass is 475 g/mol. The minimum absolute atomic E-state index is 0.712. The third-order valence-corrected chi connectivity index (χ3v) is 6.34. The molecule has 1 aromatic rings. The van der Waals surface area contributed by atoms with E-state index in [2.05, 4.69) is 27.7 Å². The summed E-state index contributed by atoms with van der Waals surface area (Å²) in [5.74, 6) is 2.37. The van der Waals surface area contributed by atoms with E-state index in [9.17, 15) is 0 Å². The van der Waals surface area contributed by atoms with E-state index >= 15 is 0 Å². The van der Waals surface area contributed by atoms with Crippen LogP contribution in [0, 0.1) is 6.92 Å². The third-order valence-electron chi connectivity index (χ3n) is 6.34. The summed E-state index contributed by atoms with van der Waals surface area (Å²) in [6.45, 7) is 13.1. The van der Waals surface area contributed by atoms with Crippen molar-refractivity contribution in [1.82, 2.24) is 0 Å². The molecule has 34 heavy (non-hydrogen) atoms. The highest BCUT2D eigenvalue weighted by Gasteiger charge is 2.15. The van der Waals surface area contributed by atoms with Crippen molar-refractivity contribution >= 4 is 0 Å². The van der Waals surface area contributed by atoms with Crippen LogP contribution in [0.15, 0.2) is 12.1 Å². The molecule has 1 aromatic carbocycles. The molecule has 0 saturated carbocycles. The van der Waals surface area contributed by atoms with Crippen LogP contribution < -0.4 is 14.2 Å². The maximum absolute atomic E-state index is 6.27. The lowest BCUT2D eigenvalue weighted by Gasteiger charge is -2.18. The van der Waals surface area contributed by atoms with Crippen LogP contribution in [0.5, 0.6) is 17.2 Å². The summed E-state index contributed by atoms with van der Waals surface area (Å²) in [7, 11) is 0. The lowest BCUT2D eigenvalue weighted by molar-refractivity contribution is 0.234. The quantitative estimate of drug-likeness (QED) is 0.139. The first kappa shape index (κ1) is 30.7. The minimum Gasteiger partial charge on any atom is -0.490 e. The van der Waals surface area contributed by atoms with Gasteiger partial charge in [0.1, 0.15) is 0 Å². The zero-order chi connectivity index (χ0) is 24.7. The average Bonchev–Trinajstić information content (AvgIpc) is 2.83. The van der Waals surface area contributed by atoms with E-state index in [0.717, 1.165) is 55.3 Å². The van der Waals surface area contributed by atoms with Gasteiger partial charge in [-0.25, -0.2) is 0 Å². The molecular weight excluding hydrogens is 420 g/mol. The molecule has 0 atom stereocenters. The second kappa shape index (κ2) is 22.1. The highest BCUT2D eigenvalue weighted by atomic mass is 16.5. The molecule has 0 heterocycles. The summed E-state index contributed by atoms with van der Waals surface area (Å²) >= 11 is 0. The Morgan fingerprint density at radius 3 is 1.18 bits per heavy atom. The van der Waals surface area contributed by atoms with E-state index in [-0.39, 0.29) is 0 Å². The highest BCUT2D eigenvalue weighted by Crippen LogP contribution is 2.39. The Balaban J connectivity index is 2.61. The summed E-state index contributed by atoms with van der Waals surface area (Å²) in [5, 5.41) is 0. The molecule has 0 aliphatic rings. The van der Waals surface area contributed by atoms with Gasteiger partial charge in [0.25, 0.3) is 0 Å². The first-order valence-electron chi connectivity index (χ1n) is 14.6. The van der Waals surface area contributed by atoms with Gasteiger partial charge in [-0.05, 0) is 43.9 Å². The van der Waals surface area contributed by atoms with Gasteiger partial charge in [-0.3, -0.25) is 0 Å². The van der Waals surface area contributed by atoms with E-state index in [1.807, 2.05) is 12.1 Å². The van der Waals surface area contributed by atoms with Crippen LogP contribution in [0.1, 0.15) is 142 Å². The largest absolute Gasteiger partial charge is 0.490 e. The van der Waals surface area contributed by atoms with Crippen LogP contribution in [-0.4, -0.2) is 19.8 Å². The Hall–Kier alpha value is -1.38. The molecule has 0 amide bonds. The smallest absolute Gasteiger partial charge is 0.203 e. The maximum atomic E-state index is 6.27. The van der Waals surface area contributed by atoms with Gasteiger partial charge in [-0.1, -0.05) is 117 Å². The van der Waals surface area contributed by atoms with Crippen molar-refractivity contribution in [2.75, 3.05) is 19.8 Å². The number of unbranched alkanes of at least 4 members (excludes halogenated alkanes) is 15. The number of benzene rings is 1. The first-order valence-corrected chi connectivity index (χ1v) is 14.6. The Labute approximate surface area is 212 Å². The number of ether oxygens (including phenoxy) is 3. The molecule has 0 aromatic heterocycles. The molecule has 0 aliphatic heterocycles. The van der Waals surface area contributed by atoms with Gasteiger partial charge in [0.2, 0.25) is 5.75 Å². The standard InChI is InChI=1S/C31H55O3/c1-5-8-11-14-17-20-23-32-29-26-28(4)27-30(33-24-21-18-15-12-9-6-2)31(29)34-25-22-19-16-13-10-7-3/h26-27H,4-25H2,1-3H3. The van der Waals surface area contributed by atoms with E-state index in [0.29, 0.717) is 6.61 Å². The van der Waals surface area contributed by atoms with Crippen molar-refractivity contribution in [2.24, 2.45) is 0 Å². The number of hydrogen-bond donors (Lipinski definition) is 0. The van der Waals surface area contributed by atoms with E-state index in [4.69, 9.17) is 14.2 Å². The lowest BCUT2D eigenvalue weighted by Crippen LogP contribution is -2.06. The summed E-state index contributed by atoms with van der Waals surface area (Å²) < 4.78 is 18.7. The number of rotatable bonds is 24. The van der Waals surface area contributed by atoms with E-state index in [1.54, 1.807) is 0 Å². The van der Waals surface area contributed by atoms with Crippen LogP contribution in [0.4, 0.5) is 0 Å². The Morgan fingerprint density at radius 2 is 0.794 bits per heavy atom. The number of hydrogen-bond acceptors (Lipinski definition) is 3. The molecule has 0 N–H and O–H groups in total. The molecule has 3 heteroatoms. The van der Waals surface area contributed by atoms with Gasteiger partial charge >= 0.3 is 0 Å². The molecule has 197 valence electrons. The van der Waals surface area contributed by atoms with Crippen LogP contribution in [-0.2, 0) is 0 Å². The van der Waals surface area contributed by atoms with Crippen LogP contribution in [0.3, 0.4) is 0 Å². The predicted octanol–water partition coefficient (Wildman–Crippen LogP) is 10.1. The molecular formula is C31H55O3. The third kappa shape index (κ3) is 15.5. The minimum atomic E-state index is 0.712. The zero-order valence-electron chi connectivity index (χ0n) is 22.9. The van der Waals surface area contributed by atoms with Gasteiger partial charge in [-0.2, -0.15) is 0 Å². The fourth-order valence-electron chi connectivity index (χ4n) is 4.17. The summed E-state index contributed by atoms with van der Waals surface area (Å²) in [6, 6.07) is 4.01. The van der Waals surface area contributed by atoms with E-state index < -0.39 is 0 Å². The van der Waals surface area contributed by atoms with Gasteiger partial charge in [0.05, 0.1) is 19.8 Å². The second-order valence-electron chi connectivity index (χ2n) is 9.77. The van der Waals surface area contributed by atoms with Crippen LogP contribution >= 0.6 is 0 Å². The Morgan fingerprint density at radius 1 is 0.471 bits per heavy atom. The Bertz CT molecular complexity index is 545. The fraction of sp³-hybridized carbons (Fsp3) is 0.774. The fourth-order valence-corrected chi connectivity index (χ4v) is 4.17. The van der Waals surface area contributed by atoms with Crippen LogP contribution in [0.25, 0.3) is 0 Å². The SMILES string of the molecule is [CH2]c1cc(OCCCCCCCC)c(OCCCCCCCC)c(OCCCCCCCC)c1. The first-order chi connectivity index (χ1) is 16.7. The van der Waals surface area contributed by atoms with E-state index in [1.165, 1.54) is 96.3 Å². The molecule has 0 saturated heterocycles. The Kier molecular flexibility index (Phi) is 19.9. The zero-order valence-corrected chi connectivity index (χ0v) is 22.9. The molecule has 0 spiro atoms. The summed E-state index contributed by atoms with van der Waals surface area (Å²) in [6.07, 6.45) is 22.6. The lowest BCUT2D eigenvalue weighted by atomic mass is 10.1. The van der Waals surface area contributed by atoms with Gasteiger partial charge in [0.15, 0.2) is 11.5 Å². The maximum Gasteiger partial charge on any atom is 0.203 e. The molecule has 1 radical (unpaired) electrons. The summed E-state index contributed by atoms with van der Waals surface area (Å²) in [5.41, 5.74) is 0.919. The van der Waals surface area contributed by atoms with Crippen LogP contribution in [0.2, 0.25) is 0 Å². The van der Waals surface area contributed by atoms with Crippen molar-refractivity contribution in [3.63, 3.8) is 0 Å². The molecule has 0 aliphatic carbocycles. The van der Waals surface area contributed by atoms with Gasteiger partial charge in [0, 0.05) is 0 Å². The van der Waals surface area contributed by atoms with Crippen molar-refractivity contribution in [3.8, 4) is 17.2 Å². The van der Waals surface area contributed by atoms with Crippen molar-refractivity contribution in [2.45, 2.75) is 136 Å². The average molecular weight is 476 g/mol. The topological polar surface area (TPSA) is 27.7 Å². The van der Waals surface area contributed by atoms with Gasteiger partial charge in [-0.15, -0.1) is 0 Å². The predicted molar refractivity (Wildman–Crippen MR) is 148 cm³/mol. The molecule has 0 unspecified atom stereocenters. The van der Waals surface area contributed by atoms with Crippen molar-refractivity contribution < 1.29 is 14.2 Å². The summed E-state index contributed by atoms with van der Waals surface area (Å²) in [4.78, 5) is 0. The highest BCUT2D eigenvalue weighted by molar-refractivity contribution is 5.54.